The van der Waals surface area contributed by atoms with Crippen molar-refractivity contribution >= 4 is 0 Å². The molecule has 0 amide bonds. The minimum absolute atomic E-state index is 0.942. The number of piperidine rings is 1. The summed E-state index contributed by atoms with van der Waals surface area (Å²) in [6.07, 6.45) is 8.32. The van der Waals surface area contributed by atoms with Gasteiger partial charge in [-0.2, -0.15) is 0 Å². The first-order valence-corrected chi connectivity index (χ1v) is 7.28. The first-order chi connectivity index (χ1) is 8.74. The van der Waals surface area contributed by atoms with Gasteiger partial charge in [0.2, 0.25) is 0 Å². The van der Waals surface area contributed by atoms with Gasteiger partial charge >= 0.3 is 0 Å². The van der Waals surface area contributed by atoms with Gasteiger partial charge < -0.3 is 14.8 Å². The maximum absolute atomic E-state index is 3.52. The van der Waals surface area contributed by atoms with Gasteiger partial charge in [0, 0.05) is 26.0 Å². The zero-order valence-corrected chi connectivity index (χ0v) is 11.9. The molecule has 0 bridgehead atoms. The van der Waals surface area contributed by atoms with Gasteiger partial charge in [0.15, 0.2) is 0 Å². The second-order valence-electron chi connectivity index (χ2n) is 5.74. The van der Waals surface area contributed by atoms with Gasteiger partial charge in [-0.05, 0) is 63.0 Å². The summed E-state index contributed by atoms with van der Waals surface area (Å²) in [6, 6.07) is 2.18. The first-order valence-electron chi connectivity index (χ1n) is 7.28. The molecule has 0 spiro atoms. The van der Waals surface area contributed by atoms with E-state index in [-0.39, 0.29) is 0 Å². The number of aryl methyl sites for hydroxylation is 1. The van der Waals surface area contributed by atoms with Crippen LogP contribution >= 0.6 is 0 Å². The molecule has 3 nitrogen and oxygen atoms in total. The standard InChI is InChI=1S/C15H27N3/c1-14-4-10-18(11-5-14)8-3-7-16-12-15-6-9-17(2)13-15/h6,9,13-14,16H,3-5,7-8,10-12H2,1-2H3. The Bertz CT molecular complexity index is 337. The van der Waals surface area contributed by atoms with Crippen LogP contribution in [0.1, 0.15) is 31.7 Å². The maximum Gasteiger partial charge on any atom is 0.0220 e. The third kappa shape index (κ3) is 4.46. The molecule has 1 saturated heterocycles. The normalized spacial score (nSPS) is 18.3. The molecular weight excluding hydrogens is 222 g/mol. The quantitative estimate of drug-likeness (QED) is 0.780. The molecular formula is C15H27N3. The molecule has 18 heavy (non-hydrogen) atoms. The summed E-state index contributed by atoms with van der Waals surface area (Å²) in [7, 11) is 2.07. The predicted octanol–water partition coefficient (Wildman–Crippen LogP) is 2.24. The average Bonchev–Trinajstić information content (AvgIpc) is 2.77. The van der Waals surface area contributed by atoms with Crippen molar-refractivity contribution in [1.29, 1.82) is 0 Å². The summed E-state index contributed by atoms with van der Waals surface area (Å²) in [4.78, 5) is 2.62. The van der Waals surface area contributed by atoms with Crippen molar-refractivity contribution in [3.8, 4) is 0 Å². The number of likely N-dealkylation sites (tertiary alicyclic amines) is 1. The van der Waals surface area contributed by atoms with E-state index in [0.717, 1.165) is 19.0 Å². The summed E-state index contributed by atoms with van der Waals surface area (Å²) < 4.78 is 2.10. The molecule has 0 saturated carbocycles. The number of rotatable bonds is 6. The van der Waals surface area contributed by atoms with Gasteiger partial charge in [-0.1, -0.05) is 6.92 Å². The molecule has 0 atom stereocenters. The van der Waals surface area contributed by atoms with E-state index < -0.39 is 0 Å². The third-order valence-corrected chi connectivity index (χ3v) is 3.93. The van der Waals surface area contributed by atoms with Crippen molar-refractivity contribution < 1.29 is 0 Å². The van der Waals surface area contributed by atoms with Crippen LogP contribution in [0.5, 0.6) is 0 Å². The molecule has 1 aromatic rings. The molecule has 2 heterocycles. The molecule has 3 heteroatoms. The van der Waals surface area contributed by atoms with Gasteiger partial charge in [-0.3, -0.25) is 0 Å². The molecule has 0 radical (unpaired) electrons. The highest BCUT2D eigenvalue weighted by Gasteiger charge is 2.14. The summed E-state index contributed by atoms with van der Waals surface area (Å²) in [5.74, 6) is 0.942. The van der Waals surface area contributed by atoms with Crippen molar-refractivity contribution in [3.63, 3.8) is 0 Å². The summed E-state index contributed by atoms with van der Waals surface area (Å²) >= 11 is 0. The van der Waals surface area contributed by atoms with E-state index in [9.17, 15) is 0 Å². The Kier molecular flexibility index (Phi) is 5.26. The Morgan fingerprint density at radius 1 is 1.33 bits per heavy atom. The van der Waals surface area contributed by atoms with Gasteiger partial charge in [0.25, 0.3) is 0 Å². The summed E-state index contributed by atoms with van der Waals surface area (Å²) in [5.41, 5.74) is 1.38. The Morgan fingerprint density at radius 3 is 2.78 bits per heavy atom. The minimum Gasteiger partial charge on any atom is -0.357 e. The summed E-state index contributed by atoms with van der Waals surface area (Å²) in [5, 5.41) is 3.52. The number of hydrogen-bond acceptors (Lipinski definition) is 2. The molecule has 1 fully saturated rings. The fraction of sp³-hybridized carbons (Fsp3) is 0.733. The van der Waals surface area contributed by atoms with Crippen LogP contribution in [-0.4, -0.2) is 35.6 Å². The lowest BCUT2D eigenvalue weighted by atomic mass is 9.99. The second kappa shape index (κ2) is 6.95. The topological polar surface area (TPSA) is 20.2 Å². The molecule has 0 aromatic carbocycles. The van der Waals surface area contributed by atoms with Crippen LogP contribution in [-0.2, 0) is 13.6 Å². The Labute approximate surface area is 111 Å². The lowest BCUT2D eigenvalue weighted by Crippen LogP contribution is -2.34. The molecule has 1 aromatic heterocycles. The van der Waals surface area contributed by atoms with Crippen LogP contribution in [0.3, 0.4) is 0 Å². The number of hydrogen-bond donors (Lipinski definition) is 1. The summed E-state index contributed by atoms with van der Waals surface area (Å²) in [6.45, 7) is 8.37. The van der Waals surface area contributed by atoms with Crippen LogP contribution in [0.15, 0.2) is 18.5 Å². The smallest absolute Gasteiger partial charge is 0.0220 e. The van der Waals surface area contributed by atoms with E-state index in [0.29, 0.717) is 0 Å². The zero-order chi connectivity index (χ0) is 12.8. The van der Waals surface area contributed by atoms with Crippen LogP contribution in [0.25, 0.3) is 0 Å². The predicted molar refractivity (Wildman–Crippen MR) is 76.6 cm³/mol. The van der Waals surface area contributed by atoms with Gasteiger partial charge in [-0.15, -0.1) is 0 Å². The van der Waals surface area contributed by atoms with Crippen molar-refractivity contribution in [2.75, 3.05) is 26.2 Å². The van der Waals surface area contributed by atoms with Crippen LogP contribution in [0.2, 0.25) is 0 Å². The van der Waals surface area contributed by atoms with E-state index in [1.807, 2.05) is 0 Å². The van der Waals surface area contributed by atoms with Gasteiger partial charge in [0.1, 0.15) is 0 Å². The largest absolute Gasteiger partial charge is 0.357 e. The molecule has 102 valence electrons. The van der Waals surface area contributed by atoms with Crippen LogP contribution < -0.4 is 5.32 Å². The van der Waals surface area contributed by atoms with Crippen LogP contribution in [0.4, 0.5) is 0 Å². The molecule has 1 N–H and O–H groups in total. The fourth-order valence-electron chi connectivity index (χ4n) is 2.61. The van der Waals surface area contributed by atoms with E-state index >= 15 is 0 Å². The van der Waals surface area contributed by atoms with Crippen molar-refractivity contribution in [2.24, 2.45) is 13.0 Å². The number of aromatic nitrogens is 1. The van der Waals surface area contributed by atoms with E-state index in [1.165, 1.54) is 44.5 Å². The van der Waals surface area contributed by atoms with Gasteiger partial charge in [0.05, 0.1) is 0 Å². The highest BCUT2D eigenvalue weighted by atomic mass is 15.1. The Balaban J connectivity index is 1.51. The van der Waals surface area contributed by atoms with Crippen molar-refractivity contribution in [3.05, 3.63) is 24.0 Å². The SMILES string of the molecule is CC1CCN(CCCNCc2ccn(C)c2)CC1. The van der Waals surface area contributed by atoms with E-state index in [2.05, 4.69) is 47.2 Å². The Hall–Kier alpha value is -0.800. The molecule has 2 rings (SSSR count). The lowest BCUT2D eigenvalue weighted by Gasteiger charge is -2.30. The highest BCUT2D eigenvalue weighted by molar-refractivity contribution is 5.09. The van der Waals surface area contributed by atoms with E-state index in [4.69, 9.17) is 0 Å². The third-order valence-electron chi connectivity index (χ3n) is 3.93. The maximum atomic E-state index is 3.52. The average molecular weight is 249 g/mol. The monoisotopic (exact) mass is 249 g/mol. The van der Waals surface area contributed by atoms with Crippen molar-refractivity contribution in [2.45, 2.75) is 32.7 Å². The number of nitrogens with one attached hydrogen (secondary N) is 1. The second-order valence-corrected chi connectivity index (χ2v) is 5.74. The lowest BCUT2D eigenvalue weighted by molar-refractivity contribution is 0.190. The van der Waals surface area contributed by atoms with Gasteiger partial charge in [-0.25, -0.2) is 0 Å². The van der Waals surface area contributed by atoms with Crippen molar-refractivity contribution in [1.82, 2.24) is 14.8 Å². The first kappa shape index (κ1) is 13.6. The number of nitrogens with zero attached hydrogens (tertiary/aromatic N) is 2. The highest BCUT2D eigenvalue weighted by Crippen LogP contribution is 2.15. The molecule has 1 aliphatic rings. The minimum atomic E-state index is 0.942. The van der Waals surface area contributed by atoms with Crippen LogP contribution in [0, 0.1) is 5.92 Å². The zero-order valence-electron chi connectivity index (χ0n) is 11.9. The fourth-order valence-corrected chi connectivity index (χ4v) is 2.61. The Morgan fingerprint density at radius 2 is 2.11 bits per heavy atom. The molecule has 1 aliphatic heterocycles. The van der Waals surface area contributed by atoms with E-state index in [1.54, 1.807) is 0 Å². The molecule has 0 unspecified atom stereocenters. The molecule has 0 aliphatic carbocycles.